The SMILES string of the molecule is O=C(NCC1CCC(O)CC1)C1(c2ccccc2)CCC1. The number of carbonyl (C=O) groups is 1. The summed E-state index contributed by atoms with van der Waals surface area (Å²) in [6, 6.07) is 10.2. The molecule has 0 saturated heterocycles. The van der Waals surface area contributed by atoms with Crippen LogP contribution in [-0.2, 0) is 10.2 Å². The highest BCUT2D eigenvalue weighted by Crippen LogP contribution is 2.43. The van der Waals surface area contributed by atoms with Gasteiger partial charge in [0.25, 0.3) is 0 Å². The number of hydrogen-bond donors (Lipinski definition) is 2. The van der Waals surface area contributed by atoms with Crippen molar-refractivity contribution in [2.24, 2.45) is 5.92 Å². The van der Waals surface area contributed by atoms with Gasteiger partial charge >= 0.3 is 0 Å². The lowest BCUT2D eigenvalue weighted by molar-refractivity contribution is -0.130. The summed E-state index contributed by atoms with van der Waals surface area (Å²) in [6.45, 7) is 0.764. The fraction of sp³-hybridized carbons (Fsp3) is 0.611. The molecule has 3 rings (SSSR count). The minimum atomic E-state index is -0.282. The first kappa shape index (κ1) is 14.6. The van der Waals surface area contributed by atoms with E-state index >= 15 is 0 Å². The van der Waals surface area contributed by atoms with Crippen molar-refractivity contribution < 1.29 is 9.90 Å². The summed E-state index contributed by atoms with van der Waals surface area (Å²) in [5, 5.41) is 12.7. The molecule has 0 atom stereocenters. The van der Waals surface area contributed by atoms with Crippen molar-refractivity contribution in [3.05, 3.63) is 35.9 Å². The molecule has 2 aliphatic rings. The fourth-order valence-electron chi connectivity index (χ4n) is 3.69. The number of rotatable bonds is 4. The van der Waals surface area contributed by atoms with Gasteiger partial charge < -0.3 is 10.4 Å². The van der Waals surface area contributed by atoms with E-state index in [1.165, 1.54) is 0 Å². The highest BCUT2D eigenvalue weighted by Gasteiger charge is 2.45. The molecule has 1 aromatic carbocycles. The molecule has 114 valence electrons. The molecule has 1 amide bonds. The minimum absolute atomic E-state index is 0.126. The smallest absolute Gasteiger partial charge is 0.230 e. The van der Waals surface area contributed by atoms with Crippen molar-refractivity contribution in [1.29, 1.82) is 0 Å². The van der Waals surface area contributed by atoms with Crippen LogP contribution in [0.1, 0.15) is 50.5 Å². The first-order chi connectivity index (χ1) is 10.2. The van der Waals surface area contributed by atoms with Gasteiger partial charge in [0, 0.05) is 6.54 Å². The summed E-state index contributed by atoms with van der Waals surface area (Å²) >= 11 is 0. The largest absolute Gasteiger partial charge is 0.393 e. The molecule has 2 fully saturated rings. The number of aliphatic hydroxyl groups is 1. The fourth-order valence-corrected chi connectivity index (χ4v) is 3.69. The van der Waals surface area contributed by atoms with Crippen LogP contribution in [0.25, 0.3) is 0 Å². The standard InChI is InChI=1S/C18H25NO2/c20-16-9-7-14(8-10-16)13-19-17(21)18(11-4-12-18)15-5-2-1-3-6-15/h1-3,5-6,14,16,20H,4,7-13H2,(H,19,21). The molecule has 0 aromatic heterocycles. The molecule has 2 N–H and O–H groups in total. The monoisotopic (exact) mass is 287 g/mol. The van der Waals surface area contributed by atoms with Gasteiger partial charge in [-0.1, -0.05) is 36.8 Å². The van der Waals surface area contributed by atoms with E-state index in [0.717, 1.165) is 57.1 Å². The molecule has 3 heteroatoms. The molecule has 0 bridgehead atoms. The summed E-state index contributed by atoms with van der Waals surface area (Å²) in [5.74, 6) is 0.733. The van der Waals surface area contributed by atoms with Crippen molar-refractivity contribution in [3.63, 3.8) is 0 Å². The summed E-state index contributed by atoms with van der Waals surface area (Å²) in [5.41, 5.74) is 0.878. The van der Waals surface area contributed by atoms with Gasteiger partial charge in [-0.05, 0) is 50.0 Å². The van der Waals surface area contributed by atoms with E-state index in [9.17, 15) is 9.90 Å². The Morgan fingerprint density at radius 3 is 2.38 bits per heavy atom. The molecule has 0 spiro atoms. The molecular formula is C18H25NO2. The van der Waals surface area contributed by atoms with Crippen molar-refractivity contribution in [1.82, 2.24) is 5.32 Å². The molecule has 1 aromatic rings. The number of nitrogens with one attached hydrogen (secondary N) is 1. The molecule has 0 radical (unpaired) electrons. The zero-order chi connectivity index (χ0) is 14.7. The Kier molecular flexibility index (Phi) is 4.29. The Hall–Kier alpha value is -1.35. The minimum Gasteiger partial charge on any atom is -0.393 e. The lowest BCUT2D eigenvalue weighted by Crippen LogP contribution is -2.50. The van der Waals surface area contributed by atoms with E-state index in [1.54, 1.807) is 0 Å². The van der Waals surface area contributed by atoms with Gasteiger partial charge in [-0.15, -0.1) is 0 Å². The highest BCUT2D eigenvalue weighted by molar-refractivity contribution is 5.89. The van der Waals surface area contributed by atoms with E-state index in [2.05, 4.69) is 17.4 Å². The first-order valence-corrected chi connectivity index (χ1v) is 8.22. The Labute approximate surface area is 126 Å². The van der Waals surface area contributed by atoms with Crippen LogP contribution < -0.4 is 5.32 Å². The van der Waals surface area contributed by atoms with Crippen LogP contribution in [0.2, 0.25) is 0 Å². The second-order valence-corrected chi connectivity index (χ2v) is 6.69. The first-order valence-electron chi connectivity index (χ1n) is 8.22. The maximum absolute atomic E-state index is 12.7. The highest BCUT2D eigenvalue weighted by atomic mass is 16.3. The van der Waals surface area contributed by atoms with E-state index in [0.29, 0.717) is 5.92 Å². The van der Waals surface area contributed by atoms with Crippen LogP contribution in [0, 0.1) is 5.92 Å². The lowest BCUT2D eigenvalue weighted by Gasteiger charge is -2.41. The predicted octanol–water partition coefficient (Wildman–Crippen LogP) is 2.78. The Morgan fingerprint density at radius 1 is 1.14 bits per heavy atom. The quantitative estimate of drug-likeness (QED) is 0.894. The van der Waals surface area contributed by atoms with Crippen LogP contribution in [-0.4, -0.2) is 23.7 Å². The van der Waals surface area contributed by atoms with Gasteiger partial charge in [-0.2, -0.15) is 0 Å². The van der Waals surface area contributed by atoms with Crippen LogP contribution in [0.3, 0.4) is 0 Å². The number of carbonyl (C=O) groups excluding carboxylic acids is 1. The van der Waals surface area contributed by atoms with E-state index in [1.807, 2.05) is 18.2 Å². The average Bonchev–Trinajstić information content (AvgIpc) is 2.47. The van der Waals surface area contributed by atoms with Gasteiger partial charge in [0.15, 0.2) is 0 Å². The molecular weight excluding hydrogens is 262 g/mol. The second-order valence-electron chi connectivity index (χ2n) is 6.69. The van der Waals surface area contributed by atoms with Crippen molar-refractivity contribution in [2.45, 2.75) is 56.5 Å². The zero-order valence-electron chi connectivity index (χ0n) is 12.6. The van der Waals surface area contributed by atoms with Crippen molar-refractivity contribution >= 4 is 5.91 Å². The lowest BCUT2D eigenvalue weighted by atomic mass is 9.63. The third-order valence-electron chi connectivity index (χ3n) is 5.34. The molecule has 0 heterocycles. The normalized spacial score (nSPS) is 27.7. The molecule has 2 saturated carbocycles. The summed E-state index contributed by atoms with van der Waals surface area (Å²) < 4.78 is 0. The van der Waals surface area contributed by atoms with Gasteiger partial charge in [0.2, 0.25) is 5.91 Å². The van der Waals surface area contributed by atoms with Crippen LogP contribution >= 0.6 is 0 Å². The Balaban J connectivity index is 1.59. The molecule has 2 aliphatic carbocycles. The topological polar surface area (TPSA) is 49.3 Å². The van der Waals surface area contributed by atoms with E-state index in [4.69, 9.17) is 0 Å². The number of aliphatic hydroxyl groups excluding tert-OH is 1. The molecule has 0 aliphatic heterocycles. The van der Waals surface area contributed by atoms with E-state index < -0.39 is 0 Å². The Morgan fingerprint density at radius 2 is 1.81 bits per heavy atom. The Bertz CT molecular complexity index is 473. The van der Waals surface area contributed by atoms with Crippen LogP contribution in [0.5, 0.6) is 0 Å². The molecule has 3 nitrogen and oxygen atoms in total. The van der Waals surface area contributed by atoms with Gasteiger partial charge in [0.1, 0.15) is 0 Å². The molecule has 0 unspecified atom stereocenters. The van der Waals surface area contributed by atoms with Gasteiger partial charge in [-0.3, -0.25) is 4.79 Å². The summed E-state index contributed by atoms with van der Waals surface area (Å²) in [4.78, 5) is 12.7. The maximum Gasteiger partial charge on any atom is 0.230 e. The maximum atomic E-state index is 12.7. The van der Waals surface area contributed by atoms with Gasteiger partial charge in [-0.25, -0.2) is 0 Å². The number of benzene rings is 1. The third kappa shape index (κ3) is 2.98. The summed E-state index contributed by atoms with van der Waals surface area (Å²) in [7, 11) is 0. The van der Waals surface area contributed by atoms with Crippen LogP contribution in [0.15, 0.2) is 30.3 Å². The van der Waals surface area contributed by atoms with Crippen molar-refractivity contribution in [2.75, 3.05) is 6.54 Å². The average molecular weight is 287 g/mol. The molecule has 21 heavy (non-hydrogen) atoms. The summed E-state index contributed by atoms with van der Waals surface area (Å²) in [6.07, 6.45) is 6.75. The third-order valence-corrected chi connectivity index (χ3v) is 5.34. The van der Waals surface area contributed by atoms with Gasteiger partial charge in [0.05, 0.1) is 11.5 Å². The number of hydrogen-bond acceptors (Lipinski definition) is 2. The van der Waals surface area contributed by atoms with E-state index in [-0.39, 0.29) is 17.4 Å². The van der Waals surface area contributed by atoms with Crippen molar-refractivity contribution in [3.8, 4) is 0 Å². The zero-order valence-corrected chi connectivity index (χ0v) is 12.6. The number of amides is 1. The second kappa shape index (κ2) is 6.18. The predicted molar refractivity (Wildman–Crippen MR) is 82.9 cm³/mol. The van der Waals surface area contributed by atoms with Crippen LogP contribution in [0.4, 0.5) is 0 Å².